The van der Waals surface area contributed by atoms with Crippen molar-refractivity contribution in [3.63, 3.8) is 0 Å². The molecule has 0 saturated heterocycles. The number of halogens is 1. The number of rotatable bonds is 7. The number of carbonyl (C=O) groups excluding carboxylic acids is 3. The molecule has 0 fully saturated rings. The Morgan fingerprint density at radius 1 is 0.963 bits per heavy atom. The first-order valence-electron chi connectivity index (χ1n) is 8.31. The molecule has 0 aliphatic heterocycles. The van der Waals surface area contributed by atoms with Gasteiger partial charge in [-0.25, -0.2) is 9.18 Å². The number of hydrogen-bond acceptors (Lipinski definition) is 5. The molecule has 0 heterocycles. The third-order valence-corrected chi connectivity index (χ3v) is 3.68. The topological polar surface area (TPSA) is 81.7 Å². The number of anilines is 1. The summed E-state index contributed by atoms with van der Waals surface area (Å²) in [5.41, 5.74) is 0.700. The Morgan fingerprint density at radius 2 is 1.59 bits per heavy atom. The molecule has 0 unspecified atom stereocenters. The van der Waals surface area contributed by atoms with E-state index in [9.17, 15) is 18.8 Å². The molecule has 0 bridgehead atoms. The lowest BCUT2D eigenvalue weighted by atomic mass is 10.1. The highest BCUT2D eigenvalue weighted by Gasteiger charge is 2.24. The van der Waals surface area contributed by atoms with Gasteiger partial charge < -0.3 is 14.8 Å². The monoisotopic (exact) mass is 373 g/mol. The number of para-hydroxylation sites is 1. The fourth-order valence-corrected chi connectivity index (χ4v) is 2.22. The summed E-state index contributed by atoms with van der Waals surface area (Å²) < 4.78 is 23.4. The zero-order valence-corrected chi connectivity index (χ0v) is 15.2. The minimum atomic E-state index is -1.10. The standard InChI is InChI=1S/C20H20FNO5/c1-12(23)17-6-4-5-7-18(17)22-19(24)13(2)27-20(25)14(3)26-16-10-8-15(21)9-11-16/h4-11,13-14H,1-3H3,(H,22,24)/t13-,14+/m1/s1. The average molecular weight is 373 g/mol. The maximum absolute atomic E-state index is 12.9. The van der Waals surface area contributed by atoms with Gasteiger partial charge in [0.15, 0.2) is 18.0 Å². The predicted octanol–water partition coefficient (Wildman–Crippen LogP) is 3.37. The lowest BCUT2D eigenvalue weighted by Crippen LogP contribution is -2.35. The molecular weight excluding hydrogens is 353 g/mol. The second-order valence-corrected chi connectivity index (χ2v) is 5.88. The van der Waals surface area contributed by atoms with Crippen molar-refractivity contribution in [2.45, 2.75) is 33.0 Å². The quantitative estimate of drug-likeness (QED) is 0.594. The van der Waals surface area contributed by atoms with Crippen LogP contribution in [-0.2, 0) is 14.3 Å². The summed E-state index contributed by atoms with van der Waals surface area (Å²) in [6.07, 6.45) is -2.09. The summed E-state index contributed by atoms with van der Waals surface area (Å²) in [5.74, 6) is -1.65. The van der Waals surface area contributed by atoms with Crippen LogP contribution in [0.1, 0.15) is 31.1 Å². The fraction of sp³-hybridized carbons (Fsp3) is 0.250. The van der Waals surface area contributed by atoms with Crippen LogP contribution in [0.15, 0.2) is 48.5 Å². The Balaban J connectivity index is 1.94. The smallest absolute Gasteiger partial charge is 0.347 e. The van der Waals surface area contributed by atoms with Crippen molar-refractivity contribution in [3.05, 3.63) is 59.9 Å². The van der Waals surface area contributed by atoms with Crippen molar-refractivity contribution in [2.75, 3.05) is 5.32 Å². The highest BCUT2D eigenvalue weighted by atomic mass is 19.1. The summed E-state index contributed by atoms with van der Waals surface area (Å²) >= 11 is 0. The van der Waals surface area contributed by atoms with Crippen LogP contribution >= 0.6 is 0 Å². The van der Waals surface area contributed by atoms with E-state index in [1.165, 1.54) is 45.0 Å². The van der Waals surface area contributed by atoms with Gasteiger partial charge in [0.1, 0.15) is 11.6 Å². The number of amides is 1. The molecule has 2 aromatic carbocycles. The summed E-state index contributed by atoms with van der Waals surface area (Å²) in [6.45, 7) is 4.26. The molecule has 7 heteroatoms. The van der Waals surface area contributed by atoms with Crippen LogP contribution in [0.2, 0.25) is 0 Å². The van der Waals surface area contributed by atoms with E-state index in [1.807, 2.05) is 0 Å². The summed E-state index contributed by atoms with van der Waals surface area (Å²) in [6, 6.07) is 11.7. The van der Waals surface area contributed by atoms with Gasteiger partial charge in [0.05, 0.1) is 5.69 Å². The largest absolute Gasteiger partial charge is 0.479 e. The maximum Gasteiger partial charge on any atom is 0.347 e. The molecule has 0 saturated carbocycles. The van der Waals surface area contributed by atoms with E-state index in [1.54, 1.807) is 24.3 Å². The maximum atomic E-state index is 12.9. The first kappa shape index (κ1) is 20.1. The predicted molar refractivity (Wildman–Crippen MR) is 97.1 cm³/mol. The van der Waals surface area contributed by atoms with Gasteiger partial charge in [-0.15, -0.1) is 0 Å². The molecule has 142 valence electrons. The van der Waals surface area contributed by atoms with Gasteiger partial charge in [-0.2, -0.15) is 0 Å². The second kappa shape index (κ2) is 8.93. The van der Waals surface area contributed by atoms with Gasteiger partial charge in [-0.05, 0) is 57.2 Å². The van der Waals surface area contributed by atoms with Crippen LogP contribution in [0.25, 0.3) is 0 Å². The number of hydrogen-bond donors (Lipinski definition) is 1. The third kappa shape index (κ3) is 5.64. The first-order chi connectivity index (χ1) is 12.8. The number of benzene rings is 2. The van der Waals surface area contributed by atoms with Crippen LogP contribution in [-0.4, -0.2) is 29.9 Å². The molecule has 0 spiro atoms. The van der Waals surface area contributed by atoms with E-state index in [0.29, 0.717) is 17.0 Å². The van der Waals surface area contributed by atoms with E-state index >= 15 is 0 Å². The van der Waals surface area contributed by atoms with Crippen LogP contribution < -0.4 is 10.1 Å². The fourth-order valence-electron chi connectivity index (χ4n) is 2.22. The Hall–Kier alpha value is -3.22. The highest BCUT2D eigenvalue weighted by molar-refractivity contribution is 6.04. The molecule has 1 N–H and O–H groups in total. The molecular formula is C20H20FNO5. The molecule has 0 aliphatic carbocycles. The summed E-state index contributed by atoms with van der Waals surface area (Å²) in [4.78, 5) is 36.0. The molecule has 0 radical (unpaired) electrons. The highest BCUT2D eigenvalue weighted by Crippen LogP contribution is 2.17. The molecule has 27 heavy (non-hydrogen) atoms. The number of nitrogens with one attached hydrogen (secondary N) is 1. The van der Waals surface area contributed by atoms with Crippen molar-refractivity contribution < 1.29 is 28.2 Å². The number of ketones is 1. The second-order valence-electron chi connectivity index (χ2n) is 5.88. The zero-order chi connectivity index (χ0) is 20.0. The molecule has 6 nitrogen and oxygen atoms in total. The third-order valence-electron chi connectivity index (χ3n) is 3.68. The minimum absolute atomic E-state index is 0.197. The minimum Gasteiger partial charge on any atom is -0.479 e. The van der Waals surface area contributed by atoms with Crippen molar-refractivity contribution in [1.82, 2.24) is 0 Å². The van der Waals surface area contributed by atoms with Crippen LogP contribution in [0.4, 0.5) is 10.1 Å². The van der Waals surface area contributed by atoms with Gasteiger partial charge in [-0.1, -0.05) is 12.1 Å². The van der Waals surface area contributed by atoms with Crippen molar-refractivity contribution in [3.8, 4) is 5.75 Å². The molecule has 2 aromatic rings. The normalized spacial score (nSPS) is 12.6. The van der Waals surface area contributed by atoms with E-state index < -0.39 is 29.9 Å². The van der Waals surface area contributed by atoms with E-state index in [2.05, 4.69) is 5.32 Å². The number of esters is 1. The molecule has 2 rings (SSSR count). The zero-order valence-electron chi connectivity index (χ0n) is 15.2. The van der Waals surface area contributed by atoms with Gasteiger partial charge in [0.2, 0.25) is 0 Å². The van der Waals surface area contributed by atoms with Crippen molar-refractivity contribution in [2.24, 2.45) is 0 Å². The van der Waals surface area contributed by atoms with Crippen LogP contribution in [0, 0.1) is 5.82 Å². The summed E-state index contributed by atoms with van der Waals surface area (Å²) in [5, 5.41) is 2.57. The first-order valence-corrected chi connectivity index (χ1v) is 8.31. The van der Waals surface area contributed by atoms with Gasteiger partial charge >= 0.3 is 5.97 Å². The Bertz CT molecular complexity index is 835. The Labute approximate surface area is 156 Å². The number of ether oxygens (including phenoxy) is 2. The SMILES string of the molecule is CC(=O)c1ccccc1NC(=O)[C@@H](C)OC(=O)[C@H](C)Oc1ccc(F)cc1. The molecule has 2 atom stereocenters. The van der Waals surface area contributed by atoms with Gasteiger partial charge in [0.25, 0.3) is 5.91 Å². The Kier molecular flexibility index (Phi) is 6.65. The van der Waals surface area contributed by atoms with Crippen LogP contribution in [0.5, 0.6) is 5.75 Å². The van der Waals surface area contributed by atoms with E-state index in [4.69, 9.17) is 9.47 Å². The summed E-state index contributed by atoms with van der Waals surface area (Å²) in [7, 11) is 0. The number of Topliss-reactive ketones (excluding diaryl/α,β-unsaturated/α-hetero) is 1. The number of carbonyl (C=O) groups is 3. The molecule has 0 aliphatic rings. The lowest BCUT2D eigenvalue weighted by molar-refractivity contribution is -0.159. The Morgan fingerprint density at radius 3 is 2.22 bits per heavy atom. The van der Waals surface area contributed by atoms with Gasteiger partial charge in [0, 0.05) is 5.56 Å². The average Bonchev–Trinajstić information content (AvgIpc) is 2.63. The van der Waals surface area contributed by atoms with E-state index in [-0.39, 0.29) is 5.78 Å². The van der Waals surface area contributed by atoms with Gasteiger partial charge in [-0.3, -0.25) is 9.59 Å². The molecule has 0 aromatic heterocycles. The molecule has 1 amide bonds. The van der Waals surface area contributed by atoms with Crippen molar-refractivity contribution in [1.29, 1.82) is 0 Å². The lowest BCUT2D eigenvalue weighted by Gasteiger charge is -2.18. The van der Waals surface area contributed by atoms with Crippen LogP contribution in [0.3, 0.4) is 0 Å². The van der Waals surface area contributed by atoms with E-state index in [0.717, 1.165) is 0 Å². The van der Waals surface area contributed by atoms with Crippen molar-refractivity contribution >= 4 is 23.3 Å².